The molecule has 0 saturated heterocycles. The van der Waals surface area contributed by atoms with E-state index in [0.717, 1.165) is 48.6 Å². The van der Waals surface area contributed by atoms with E-state index in [1.807, 2.05) is 43.3 Å². The molecule has 2 unspecified atom stereocenters. The van der Waals surface area contributed by atoms with Crippen LogP contribution in [0.3, 0.4) is 0 Å². The Balaban J connectivity index is 1.64. The minimum Gasteiger partial charge on any atom is -0.378 e. The molecule has 2 aromatic heterocycles. The number of benzene rings is 1. The van der Waals surface area contributed by atoms with Gasteiger partial charge in [-0.15, -0.1) is 0 Å². The van der Waals surface area contributed by atoms with Crippen LogP contribution in [0.5, 0.6) is 0 Å². The second-order valence-corrected chi connectivity index (χ2v) is 8.81. The van der Waals surface area contributed by atoms with Crippen molar-refractivity contribution in [3.63, 3.8) is 0 Å². The van der Waals surface area contributed by atoms with Gasteiger partial charge in [0.2, 0.25) is 0 Å². The summed E-state index contributed by atoms with van der Waals surface area (Å²) in [7, 11) is 3.96. The molecule has 0 bridgehead atoms. The van der Waals surface area contributed by atoms with Crippen LogP contribution in [-0.4, -0.2) is 42.1 Å². The SMILES string of the molecule is CN(C)c1cccc(-c2cncc(Nc3nc(NC4CCCCC4N)c(F)cc3C(N)=O)c2)c1. The van der Waals surface area contributed by atoms with Crippen LogP contribution in [0.15, 0.2) is 48.8 Å². The van der Waals surface area contributed by atoms with Crippen molar-refractivity contribution >= 4 is 28.9 Å². The van der Waals surface area contributed by atoms with Crippen LogP contribution in [0, 0.1) is 5.82 Å². The molecule has 4 rings (SSSR count). The number of halogens is 1. The molecule has 1 aliphatic carbocycles. The summed E-state index contributed by atoms with van der Waals surface area (Å²) in [5.41, 5.74) is 15.2. The zero-order chi connectivity index (χ0) is 24.2. The van der Waals surface area contributed by atoms with Crippen LogP contribution >= 0.6 is 0 Å². The average molecular weight is 464 g/mol. The van der Waals surface area contributed by atoms with Gasteiger partial charge in [-0.3, -0.25) is 9.78 Å². The average Bonchev–Trinajstić information content (AvgIpc) is 2.82. The van der Waals surface area contributed by atoms with Crippen molar-refractivity contribution in [1.82, 2.24) is 9.97 Å². The van der Waals surface area contributed by atoms with Gasteiger partial charge in [-0.05, 0) is 42.7 Å². The number of anilines is 4. The van der Waals surface area contributed by atoms with Gasteiger partial charge in [-0.1, -0.05) is 25.0 Å². The summed E-state index contributed by atoms with van der Waals surface area (Å²) in [5.74, 6) is -1.23. The largest absolute Gasteiger partial charge is 0.378 e. The van der Waals surface area contributed by atoms with Crippen molar-refractivity contribution in [2.75, 3.05) is 29.6 Å². The first kappa shape index (κ1) is 23.4. The highest BCUT2D eigenvalue weighted by molar-refractivity contribution is 5.98. The van der Waals surface area contributed by atoms with Crippen molar-refractivity contribution in [3.05, 3.63) is 60.2 Å². The number of carbonyl (C=O) groups is 1. The molecule has 1 aliphatic rings. The Morgan fingerprint density at radius 3 is 2.62 bits per heavy atom. The van der Waals surface area contributed by atoms with Gasteiger partial charge in [0.1, 0.15) is 5.82 Å². The van der Waals surface area contributed by atoms with Crippen LogP contribution in [0.1, 0.15) is 36.0 Å². The number of carbonyl (C=O) groups excluding carboxylic acids is 1. The Kier molecular flexibility index (Phi) is 6.93. The zero-order valence-electron chi connectivity index (χ0n) is 19.4. The van der Waals surface area contributed by atoms with Crippen molar-refractivity contribution < 1.29 is 9.18 Å². The van der Waals surface area contributed by atoms with Crippen LogP contribution < -0.4 is 27.0 Å². The van der Waals surface area contributed by atoms with Crippen molar-refractivity contribution in [2.45, 2.75) is 37.8 Å². The third-order valence-corrected chi connectivity index (χ3v) is 6.08. The van der Waals surface area contributed by atoms with E-state index < -0.39 is 11.7 Å². The van der Waals surface area contributed by atoms with E-state index in [1.165, 1.54) is 0 Å². The standard InChI is InChI=1S/C25H30FN7O/c1-33(2)18-7-5-6-15(11-18)16-10-17(14-29-13-16)30-24-19(23(28)34)12-20(26)25(32-24)31-22-9-4-3-8-21(22)27/h5-7,10-14,21-22H,3-4,8-9,27H2,1-2H3,(H2,28,34)(H2,30,31,32). The van der Waals surface area contributed by atoms with Crippen LogP contribution in [0.2, 0.25) is 0 Å². The van der Waals surface area contributed by atoms with E-state index in [1.54, 1.807) is 12.4 Å². The molecule has 0 spiro atoms. The molecule has 1 fully saturated rings. The summed E-state index contributed by atoms with van der Waals surface area (Å²) in [6.45, 7) is 0. The summed E-state index contributed by atoms with van der Waals surface area (Å²) in [5, 5.41) is 6.22. The highest BCUT2D eigenvalue weighted by atomic mass is 19.1. The fourth-order valence-electron chi connectivity index (χ4n) is 4.15. The van der Waals surface area contributed by atoms with Gasteiger partial charge in [0.25, 0.3) is 5.91 Å². The minimum atomic E-state index is -0.780. The predicted molar refractivity (Wildman–Crippen MR) is 134 cm³/mol. The summed E-state index contributed by atoms with van der Waals surface area (Å²) in [4.78, 5) is 22.7. The lowest BCUT2D eigenvalue weighted by molar-refractivity contribution is 0.100. The molecule has 0 aliphatic heterocycles. The number of aromatic nitrogens is 2. The van der Waals surface area contributed by atoms with Gasteiger partial charge < -0.3 is 27.0 Å². The lowest BCUT2D eigenvalue weighted by Gasteiger charge is -2.30. The lowest BCUT2D eigenvalue weighted by atomic mass is 9.91. The maximum atomic E-state index is 14.8. The molecule has 9 heteroatoms. The van der Waals surface area contributed by atoms with Crippen molar-refractivity contribution in [1.29, 1.82) is 0 Å². The molecule has 1 aromatic carbocycles. The summed E-state index contributed by atoms with van der Waals surface area (Å²) in [6, 6.07) is 10.9. The van der Waals surface area contributed by atoms with Crippen LogP contribution in [0.4, 0.5) is 27.4 Å². The van der Waals surface area contributed by atoms with Crippen LogP contribution in [-0.2, 0) is 0 Å². The van der Waals surface area contributed by atoms with E-state index in [0.29, 0.717) is 5.69 Å². The number of nitrogens with two attached hydrogens (primary N) is 2. The highest BCUT2D eigenvalue weighted by Gasteiger charge is 2.24. The van der Waals surface area contributed by atoms with Gasteiger partial charge in [-0.25, -0.2) is 9.37 Å². The van der Waals surface area contributed by atoms with E-state index >= 15 is 0 Å². The molecule has 1 saturated carbocycles. The van der Waals surface area contributed by atoms with Gasteiger partial charge >= 0.3 is 0 Å². The smallest absolute Gasteiger partial charge is 0.252 e. The third kappa shape index (κ3) is 5.26. The second-order valence-electron chi connectivity index (χ2n) is 8.81. The predicted octanol–water partition coefficient (Wildman–Crippen LogP) is 3.87. The first-order valence-electron chi connectivity index (χ1n) is 11.3. The number of rotatable bonds is 7. The minimum absolute atomic E-state index is 0.0395. The molecule has 6 N–H and O–H groups in total. The number of pyridine rings is 2. The van der Waals surface area contributed by atoms with E-state index in [-0.39, 0.29) is 29.3 Å². The zero-order valence-corrected chi connectivity index (χ0v) is 19.4. The maximum Gasteiger partial charge on any atom is 0.252 e. The molecular weight excluding hydrogens is 433 g/mol. The molecule has 34 heavy (non-hydrogen) atoms. The number of primary amides is 1. The Hall–Kier alpha value is -3.72. The first-order valence-corrected chi connectivity index (χ1v) is 11.3. The van der Waals surface area contributed by atoms with Gasteiger partial charge in [0.05, 0.1) is 17.4 Å². The molecule has 178 valence electrons. The molecule has 0 radical (unpaired) electrons. The number of hydrogen-bond acceptors (Lipinski definition) is 7. The number of amides is 1. The van der Waals surface area contributed by atoms with E-state index in [4.69, 9.17) is 11.5 Å². The Morgan fingerprint density at radius 2 is 1.88 bits per heavy atom. The Bertz CT molecular complexity index is 1180. The Morgan fingerprint density at radius 1 is 1.09 bits per heavy atom. The maximum absolute atomic E-state index is 14.8. The third-order valence-electron chi connectivity index (χ3n) is 6.08. The second kappa shape index (κ2) is 10.0. The van der Waals surface area contributed by atoms with Gasteiger partial charge in [-0.2, -0.15) is 0 Å². The number of nitrogens with one attached hydrogen (secondary N) is 2. The van der Waals surface area contributed by atoms with Crippen LogP contribution in [0.25, 0.3) is 11.1 Å². The first-order chi connectivity index (χ1) is 16.3. The highest BCUT2D eigenvalue weighted by Crippen LogP contribution is 2.29. The fraction of sp³-hybridized carbons (Fsp3) is 0.320. The monoisotopic (exact) mass is 463 g/mol. The summed E-state index contributed by atoms with van der Waals surface area (Å²) < 4.78 is 14.8. The molecule has 2 heterocycles. The molecular formula is C25H30FN7O. The number of nitrogens with zero attached hydrogens (tertiary/aromatic N) is 3. The summed E-state index contributed by atoms with van der Waals surface area (Å²) in [6.07, 6.45) is 7.15. The van der Waals surface area contributed by atoms with E-state index in [9.17, 15) is 9.18 Å². The fourth-order valence-corrected chi connectivity index (χ4v) is 4.15. The Labute approximate surface area is 198 Å². The topological polar surface area (TPSA) is 122 Å². The van der Waals surface area contributed by atoms with Gasteiger partial charge in [0, 0.05) is 43.6 Å². The van der Waals surface area contributed by atoms with Gasteiger partial charge in [0.15, 0.2) is 11.6 Å². The number of hydrogen-bond donors (Lipinski definition) is 4. The molecule has 1 amide bonds. The van der Waals surface area contributed by atoms with Crippen molar-refractivity contribution in [3.8, 4) is 11.1 Å². The molecule has 8 nitrogen and oxygen atoms in total. The quantitative estimate of drug-likeness (QED) is 0.419. The normalized spacial score (nSPS) is 17.8. The molecule has 3 aromatic rings. The summed E-state index contributed by atoms with van der Waals surface area (Å²) >= 11 is 0. The lowest BCUT2D eigenvalue weighted by Crippen LogP contribution is -2.43. The molecule has 2 atom stereocenters. The van der Waals surface area contributed by atoms with E-state index in [2.05, 4.69) is 26.7 Å². The van der Waals surface area contributed by atoms with Crippen molar-refractivity contribution in [2.24, 2.45) is 11.5 Å².